The van der Waals surface area contributed by atoms with Gasteiger partial charge in [0.25, 0.3) is 0 Å². The average molecular weight is 481 g/mol. The first-order valence-electron chi connectivity index (χ1n) is 9.86. The van der Waals surface area contributed by atoms with Crippen LogP contribution in [0.1, 0.15) is 23.6 Å². The molecular weight excluding hydrogens is 457 g/mol. The quantitative estimate of drug-likeness (QED) is 0.342. The molecule has 0 unspecified atom stereocenters. The van der Waals surface area contributed by atoms with Gasteiger partial charge in [-0.15, -0.1) is 0 Å². The first-order chi connectivity index (χ1) is 15.0. The van der Waals surface area contributed by atoms with Crippen LogP contribution in [-0.2, 0) is 19.7 Å². The van der Waals surface area contributed by atoms with Crippen molar-refractivity contribution in [2.75, 3.05) is 13.7 Å². The number of rotatable bonds is 10. The van der Waals surface area contributed by atoms with E-state index in [0.29, 0.717) is 52.9 Å². The molecule has 0 bridgehead atoms. The fourth-order valence-corrected chi connectivity index (χ4v) is 3.71. The SMILES string of the molecule is CCOc1cc(CNCc2ccccc2OC)cc(Cl)c1OCc1ccc(Cl)c(Cl)c1. The lowest BCUT2D eigenvalue weighted by Gasteiger charge is -2.16. The second kappa shape index (κ2) is 11.5. The van der Waals surface area contributed by atoms with Crippen LogP contribution in [0.15, 0.2) is 54.6 Å². The van der Waals surface area contributed by atoms with Crippen molar-refractivity contribution >= 4 is 34.8 Å². The van der Waals surface area contributed by atoms with Gasteiger partial charge in [0.2, 0.25) is 0 Å². The van der Waals surface area contributed by atoms with Crippen LogP contribution in [-0.4, -0.2) is 13.7 Å². The van der Waals surface area contributed by atoms with E-state index < -0.39 is 0 Å². The Balaban J connectivity index is 1.69. The molecule has 0 aromatic heterocycles. The molecule has 0 heterocycles. The van der Waals surface area contributed by atoms with Gasteiger partial charge in [-0.25, -0.2) is 0 Å². The molecule has 4 nitrogen and oxygen atoms in total. The van der Waals surface area contributed by atoms with Crippen LogP contribution in [0.3, 0.4) is 0 Å². The number of para-hydroxylation sites is 1. The summed E-state index contributed by atoms with van der Waals surface area (Å²) in [5.74, 6) is 1.96. The number of hydrogen-bond donors (Lipinski definition) is 1. The minimum absolute atomic E-state index is 0.294. The van der Waals surface area contributed by atoms with Gasteiger partial charge in [-0.2, -0.15) is 0 Å². The summed E-state index contributed by atoms with van der Waals surface area (Å²) < 4.78 is 17.1. The van der Waals surface area contributed by atoms with Crippen LogP contribution >= 0.6 is 34.8 Å². The van der Waals surface area contributed by atoms with Crippen LogP contribution in [0.4, 0.5) is 0 Å². The zero-order chi connectivity index (χ0) is 22.2. The van der Waals surface area contributed by atoms with E-state index in [-0.39, 0.29) is 0 Å². The van der Waals surface area contributed by atoms with E-state index in [1.165, 1.54) is 0 Å². The zero-order valence-corrected chi connectivity index (χ0v) is 19.7. The molecule has 0 fully saturated rings. The minimum atomic E-state index is 0.294. The molecule has 0 aliphatic rings. The van der Waals surface area contributed by atoms with Gasteiger partial charge < -0.3 is 19.5 Å². The highest BCUT2D eigenvalue weighted by Crippen LogP contribution is 2.37. The highest BCUT2D eigenvalue weighted by atomic mass is 35.5. The van der Waals surface area contributed by atoms with Crippen LogP contribution in [0.2, 0.25) is 15.1 Å². The Labute approximate surface area is 198 Å². The van der Waals surface area contributed by atoms with Crippen molar-refractivity contribution in [2.24, 2.45) is 0 Å². The topological polar surface area (TPSA) is 39.7 Å². The summed E-state index contributed by atoms with van der Waals surface area (Å²) in [5.41, 5.74) is 2.96. The summed E-state index contributed by atoms with van der Waals surface area (Å²) in [5, 5.41) is 4.89. The van der Waals surface area contributed by atoms with Gasteiger partial charge in [0, 0.05) is 18.7 Å². The summed E-state index contributed by atoms with van der Waals surface area (Å²) in [7, 11) is 1.67. The maximum absolute atomic E-state index is 6.54. The van der Waals surface area contributed by atoms with Crippen molar-refractivity contribution in [1.82, 2.24) is 5.32 Å². The van der Waals surface area contributed by atoms with E-state index >= 15 is 0 Å². The molecule has 0 saturated heterocycles. The second-order valence-electron chi connectivity index (χ2n) is 6.79. The van der Waals surface area contributed by atoms with Crippen molar-refractivity contribution in [3.05, 3.63) is 86.4 Å². The average Bonchev–Trinajstić information content (AvgIpc) is 2.76. The number of methoxy groups -OCH3 is 1. The maximum Gasteiger partial charge on any atom is 0.180 e. The molecule has 0 spiro atoms. The van der Waals surface area contributed by atoms with Crippen molar-refractivity contribution in [3.8, 4) is 17.2 Å². The number of benzene rings is 3. The molecule has 164 valence electrons. The lowest BCUT2D eigenvalue weighted by Crippen LogP contribution is -2.13. The van der Waals surface area contributed by atoms with E-state index in [9.17, 15) is 0 Å². The molecule has 0 aliphatic heterocycles. The third kappa shape index (κ3) is 6.44. The molecule has 0 saturated carbocycles. The minimum Gasteiger partial charge on any atom is -0.496 e. The van der Waals surface area contributed by atoms with E-state index in [1.54, 1.807) is 19.2 Å². The molecule has 3 aromatic carbocycles. The van der Waals surface area contributed by atoms with Gasteiger partial charge in [-0.3, -0.25) is 0 Å². The van der Waals surface area contributed by atoms with E-state index in [0.717, 1.165) is 22.4 Å². The van der Waals surface area contributed by atoms with Crippen molar-refractivity contribution < 1.29 is 14.2 Å². The van der Waals surface area contributed by atoms with Crippen molar-refractivity contribution in [3.63, 3.8) is 0 Å². The molecular formula is C24H24Cl3NO3. The van der Waals surface area contributed by atoms with Crippen LogP contribution < -0.4 is 19.5 Å². The molecule has 3 aromatic rings. The Morgan fingerprint density at radius 2 is 1.55 bits per heavy atom. The Kier molecular flexibility index (Phi) is 8.73. The first kappa shape index (κ1) is 23.6. The molecule has 0 atom stereocenters. The molecule has 3 rings (SSSR count). The summed E-state index contributed by atoms with van der Waals surface area (Å²) in [6, 6.07) is 17.1. The molecule has 7 heteroatoms. The number of hydrogen-bond acceptors (Lipinski definition) is 4. The number of nitrogens with one attached hydrogen (secondary N) is 1. The predicted octanol–water partition coefficient (Wildman–Crippen LogP) is 6.92. The monoisotopic (exact) mass is 479 g/mol. The third-order valence-corrected chi connectivity index (χ3v) is 5.59. The largest absolute Gasteiger partial charge is 0.496 e. The fourth-order valence-electron chi connectivity index (χ4n) is 3.10. The highest BCUT2D eigenvalue weighted by Gasteiger charge is 2.14. The van der Waals surface area contributed by atoms with Crippen LogP contribution in [0.25, 0.3) is 0 Å². The summed E-state index contributed by atoms with van der Waals surface area (Å²) in [6.45, 7) is 4.00. The van der Waals surface area contributed by atoms with Gasteiger partial charge in [-0.1, -0.05) is 59.1 Å². The zero-order valence-electron chi connectivity index (χ0n) is 17.4. The van der Waals surface area contributed by atoms with E-state index in [2.05, 4.69) is 5.32 Å². The van der Waals surface area contributed by atoms with E-state index in [1.807, 2.05) is 49.4 Å². The van der Waals surface area contributed by atoms with Gasteiger partial charge in [0.1, 0.15) is 12.4 Å². The normalized spacial score (nSPS) is 10.7. The number of ether oxygens (including phenoxy) is 3. The number of halogens is 3. The Bertz CT molecular complexity index is 1030. The first-order valence-corrected chi connectivity index (χ1v) is 11.0. The summed E-state index contributed by atoms with van der Waals surface area (Å²) in [6.07, 6.45) is 0. The molecule has 0 aliphatic carbocycles. The summed E-state index contributed by atoms with van der Waals surface area (Å²) >= 11 is 18.6. The predicted molar refractivity (Wildman–Crippen MR) is 127 cm³/mol. The van der Waals surface area contributed by atoms with Gasteiger partial charge >= 0.3 is 0 Å². The summed E-state index contributed by atoms with van der Waals surface area (Å²) in [4.78, 5) is 0. The second-order valence-corrected chi connectivity index (χ2v) is 8.01. The molecule has 0 amide bonds. The Morgan fingerprint density at radius 1 is 0.774 bits per heavy atom. The Morgan fingerprint density at radius 3 is 2.29 bits per heavy atom. The lowest BCUT2D eigenvalue weighted by atomic mass is 10.1. The van der Waals surface area contributed by atoms with E-state index in [4.69, 9.17) is 49.0 Å². The Hall–Kier alpha value is -2.11. The smallest absolute Gasteiger partial charge is 0.180 e. The fraction of sp³-hybridized carbons (Fsp3) is 0.250. The molecule has 0 radical (unpaired) electrons. The highest BCUT2D eigenvalue weighted by molar-refractivity contribution is 6.42. The van der Waals surface area contributed by atoms with Gasteiger partial charge in [0.05, 0.1) is 28.8 Å². The van der Waals surface area contributed by atoms with Crippen LogP contribution in [0.5, 0.6) is 17.2 Å². The third-order valence-electron chi connectivity index (χ3n) is 4.57. The molecule has 1 N–H and O–H groups in total. The van der Waals surface area contributed by atoms with Crippen molar-refractivity contribution in [1.29, 1.82) is 0 Å². The van der Waals surface area contributed by atoms with Crippen LogP contribution in [0, 0.1) is 0 Å². The van der Waals surface area contributed by atoms with Gasteiger partial charge in [-0.05, 0) is 48.4 Å². The molecule has 31 heavy (non-hydrogen) atoms. The maximum atomic E-state index is 6.54. The lowest BCUT2D eigenvalue weighted by molar-refractivity contribution is 0.269. The van der Waals surface area contributed by atoms with Gasteiger partial charge in [0.15, 0.2) is 11.5 Å². The standard InChI is InChI=1S/C24H24Cl3NO3/c1-3-30-23-12-17(13-28-14-18-6-4-5-7-22(18)29-2)11-21(27)24(23)31-15-16-8-9-19(25)20(26)10-16/h4-12,28H,3,13-15H2,1-2H3. The van der Waals surface area contributed by atoms with Crippen molar-refractivity contribution in [2.45, 2.75) is 26.6 Å².